The molecule has 2 rings (SSSR count). The Morgan fingerprint density at radius 3 is 2.65 bits per heavy atom. The van der Waals surface area contributed by atoms with E-state index in [0.29, 0.717) is 6.04 Å². The molecule has 2 unspecified atom stereocenters. The second-order valence-corrected chi connectivity index (χ2v) is 6.65. The van der Waals surface area contributed by atoms with Crippen molar-refractivity contribution >= 4 is 0 Å². The van der Waals surface area contributed by atoms with E-state index in [2.05, 4.69) is 31.2 Å². The van der Waals surface area contributed by atoms with Crippen molar-refractivity contribution in [2.75, 3.05) is 47.0 Å². The summed E-state index contributed by atoms with van der Waals surface area (Å²) in [6.07, 6.45) is 5.80. The average Bonchev–Trinajstić information content (AvgIpc) is 2.44. The average molecular weight is 284 g/mol. The van der Waals surface area contributed by atoms with E-state index in [4.69, 9.17) is 9.47 Å². The Hall–Kier alpha value is -0.160. The van der Waals surface area contributed by atoms with E-state index < -0.39 is 0 Å². The van der Waals surface area contributed by atoms with E-state index in [1.54, 1.807) is 0 Å². The van der Waals surface area contributed by atoms with Crippen molar-refractivity contribution < 1.29 is 9.47 Å². The number of ether oxygens (including phenoxy) is 2. The highest BCUT2D eigenvalue weighted by molar-refractivity contribution is 4.92. The number of hydrogen-bond acceptors (Lipinski definition) is 4. The summed E-state index contributed by atoms with van der Waals surface area (Å²) in [5.41, 5.74) is 0.118. The van der Waals surface area contributed by atoms with Gasteiger partial charge in [-0.15, -0.1) is 0 Å². The third-order valence-electron chi connectivity index (χ3n) is 4.86. The number of nitrogens with zero attached hydrogens (tertiary/aromatic N) is 1. The lowest BCUT2D eigenvalue weighted by atomic mass is 9.77. The molecule has 2 heterocycles. The van der Waals surface area contributed by atoms with Crippen LogP contribution in [0.2, 0.25) is 0 Å². The highest BCUT2D eigenvalue weighted by atomic mass is 16.5. The predicted molar refractivity (Wildman–Crippen MR) is 82.1 cm³/mol. The molecule has 2 atom stereocenters. The predicted octanol–water partition coefficient (Wildman–Crippen LogP) is 1.89. The van der Waals surface area contributed by atoms with Crippen LogP contribution in [-0.4, -0.2) is 63.5 Å². The van der Waals surface area contributed by atoms with Gasteiger partial charge < -0.3 is 19.7 Å². The maximum absolute atomic E-state index is 6.17. The normalized spacial score (nSPS) is 27.9. The van der Waals surface area contributed by atoms with Crippen LogP contribution in [0.25, 0.3) is 0 Å². The van der Waals surface area contributed by atoms with Gasteiger partial charge in [0, 0.05) is 25.9 Å². The zero-order chi connectivity index (χ0) is 14.4. The Balaban J connectivity index is 1.93. The van der Waals surface area contributed by atoms with Gasteiger partial charge in [0.15, 0.2) is 0 Å². The van der Waals surface area contributed by atoms with Crippen LogP contribution in [0.3, 0.4) is 0 Å². The standard InChI is InChI=1S/C16H32N2O2/c1-4-17-15(5-9-18(2)3)14-6-10-20-16(13-14)7-11-19-12-8-16/h14-15,17H,4-13H2,1-3H3. The van der Waals surface area contributed by atoms with Gasteiger partial charge in [-0.1, -0.05) is 6.92 Å². The van der Waals surface area contributed by atoms with Gasteiger partial charge in [-0.05, 0) is 65.2 Å². The third-order valence-corrected chi connectivity index (χ3v) is 4.86. The minimum absolute atomic E-state index is 0.118. The minimum atomic E-state index is 0.118. The summed E-state index contributed by atoms with van der Waals surface area (Å²) in [4.78, 5) is 2.29. The van der Waals surface area contributed by atoms with E-state index in [-0.39, 0.29) is 5.60 Å². The lowest BCUT2D eigenvalue weighted by molar-refractivity contribution is -0.150. The molecule has 118 valence electrons. The fourth-order valence-electron chi connectivity index (χ4n) is 3.66. The molecule has 2 aliphatic heterocycles. The Morgan fingerprint density at radius 2 is 2.00 bits per heavy atom. The minimum Gasteiger partial charge on any atom is -0.381 e. The number of hydrogen-bond donors (Lipinski definition) is 1. The zero-order valence-corrected chi connectivity index (χ0v) is 13.5. The van der Waals surface area contributed by atoms with Gasteiger partial charge in [-0.3, -0.25) is 0 Å². The van der Waals surface area contributed by atoms with E-state index in [0.717, 1.165) is 51.7 Å². The molecular weight excluding hydrogens is 252 g/mol. The largest absolute Gasteiger partial charge is 0.381 e. The summed E-state index contributed by atoms with van der Waals surface area (Å²) in [6.45, 7) is 7.10. The first-order valence-corrected chi connectivity index (χ1v) is 8.25. The van der Waals surface area contributed by atoms with Crippen LogP contribution >= 0.6 is 0 Å². The Kier molecular flexibility index (Phi) is 6.27. The van der Waals surface area contributed by atoms with Crippen molar-refractivity contribution in [1.29, 1.82) is 0 Å². The van der Waals surface area contributed by atoms with Gasteiger partial charge in [0.05, 0.1) is 5.60 Å². The quantitative estimate of drug-likeness (QED) is 0.807. The summed E-state index contributed by atoms with van der Waals surface area (Å²) in [6, 6.07) is 0.631. The van der Waals surface area contributed by atoms with Gasteiger partial charge in [0.1, 0.15) is 0 Å². The fraction of sp³-hybridized carbons (Fsp3) is 1.00. The van der Waals surface area contributed by atoms with Crippen molar-refractivity contribution in [3.05, 3.63) is 0 Å². The molecule has 4 nitrogen and oxygen atoms in total. The molecule has 0 radical (unpaired) electrons. The Morgan fingerprint density at radius 1 is 1.25 bits per heavy atom. The number of rotatable bonds is 6. The van der Waals surface area contributed by atoms with E-state index in [1.165, 1.54) is 19.3 Å². The zero-order valence-electron chi connectivity index (χ0n) is 13.5. The molecule has 0 aromatic heterocycles. The van der Waals surface area contributed by atoms with Crippen LogP contribution in [0.15, 0.2) is 0 Å². The van der Waals surface area contributed by atoms with Crippen LogP contribution in [0.1, 0.15) is 39.0 Å². The lowest BCUT2D eigenvalue weighted by Gasteiger charge is -2.45. The molecule has 2 saturated heterocycles. The molecule has 0 aromatic carbocycles. The maximum atomic E-state index is 6.17. The summed E-state index contributed by atoms with van der Waals surface area (Å²) < 4.78 is 11.7. The molecule has 0 bridgehead atoms. The van der Waals surface area contributed by atoms with Crippen LogP contribution in [-0.2, 0) is 9.47 Å². The van der Waals surface area contributed by atoms with Gasteiger partial charge in [0.2, 0.25) is 0 Å². The molecular formula is C16H32N2O2. The molecule has 0 aliphatic carbocycles. The van der Waals surface area contributed by atoms with E-state index >= 15 is 0 Å². The summed E-state index contributed by atoms with van der Waals surface area (Å²) in [5, 5.41) is 3.72. The van der Waals surface area contributed by atoms with E-state index in [9.17, 15) is 0 Å². The van der Waals surface area contributed by atoms with Crippen LogP contribution < -0.4 is 5.32 Å². The first kappa shape index (κ1) is 16.2. The highest BCUT2D eigenvalue weighted by Crippen LogP contribution is 2.38. The number of nitrogens with one attached hydrogen (secondary N) is 1. The van der Waals surface area contributed by atoms with Crippen molar-refractivity contribution in [2.45, 2.75) is 50.7 Å². The molecule has 0 saturated carbocycles. The first-order valence-electron chi connectivity index (χ1n) is 8.25. The van der Waals surface area contributed by atoms with Gasteiger partial charge >= 0.3 is 0 Å². The third kappa shape index (κ3) is 4.42. The Bertz CT molecular complexity index is 272. The summed E-state index contributed by atoms with van der Waals surface area (Å²) in [5.74, 6) is 0.752. The second-order valence-electron chi connectivity index (χ2n) is 6.65. The highest BCUT2D eigenvalue weighted by Gasteiger charge is 2.40. The monoisotopic (exact) mass is 284 g/mol. The molecule has 0 aromatic rings. The molecule has 2 fully saturated rings. The first-order chi connectivity index (χ1) is 9.65. The van der Waals surface area contributed by atoms with Crippen molar-refractivity contribution in [3.63, 3.8) is 0 Å². The molecule has 1 spiro atoms. The Labute approximate surface area is 124 Å². The smallest absolute Gasteiger partial charge is 0.0729 e. The van der Waals surface area contributed by atoms with Crippen molar-refractivity contribution in [1.82, 2.24) is 10.2 Å². The molecule has 2 aliphatic rings. The second kappa shape index (κ2) is 7.74. The van der Waals surface area contributed by atoms with Gasteiger partial charge in [0.25, 0.3) is 0 Å². The SMILES string of the molecule is CCNC(CCN(C)C)C1CCOC2(CCOCC2)C1. The summed E-state index contributed by atoms with van der Waals surface area (Å²) >= 11 is 0. The van der Waals surface area contributed by atoms with Gasteiger partial charge in [-0.25, -0.2) is 0 Å². The molecule has 1 N–H and O–H groups in total. The fourth-order valence-corrected chi connectivity index (χ4v) is 3.66. The maximum Gasteiger partial charge on any atom is 0.0729 e. The van der Waals surface area contributed by atoms with Crippen molar-refractivity contribution in [3.8, 4) is 0 Å². The molecule has 4 heteroatoms. The topological polar surface area (TPSA) is 33.7 Å². The lowest BCUT2D eigenvalue weighted by Crippen LogP contribution is -2.49. The summed E-state index contributed by atoms with van der Waals surface area (Å²) in [7, 11) is 4.32. The van der Waals surface area contributed by atoms with Crippen LogP contribution in [0, 0.1) is 5.92 Å². The van der Waals surface area contributed by atoms with Crippen LogP contribution in [0.5, 0.6) is 0 Å². The molecule has 0 amide bonds. The van der Waals surface area contributed by atoms with Crippen LogP contribution in [0.4, 0.5) is 0 Å². The molecule has 20 heavy (non-hydrogen) atoms. The van der Waals surface area contributed by atoms with E-state index in [1.807, 2.05) is 0 Å². The van der Waals surface area contributed by atoms with Gasteiger partial charge in [-0.2, -0.15) is 0 Å². The van der Waals surface area contributed by atoms with Crippen molar-refractivity contribution in [2.24, 2.45) is 5.92 Å².